The van der Waals surface area contributed by atoms with E-state index in [1.54, 1.807) is 40.1 Å². The van der Waals surface area contributed by atoms with E-state index in [0.717, 1.165) is 24.8 Å². The molecule has 0 spiro atoms. The van der Waals surface area contributed by atoms with Crippen molar-refractivity contribution in [3.05, 3.63) is 71.8 Å². The van der Waals surface area contributed by atoms with E-state index in [4.69, 9.17) is 9.47 Å². The summed E-state index contributed by atoms with van der Waals surface area (Å²) in [5, 5.41) is 5.38. The molecule has 0 saturated carbocycles. The lowest BCUT2D eigenvalue weighted by Crippen LogP contribution is -2.51. The minimum absolute atomic E-state index is 0.0229. The molecular formula is C33H42N4O7. The summed E-state index contributed by atoms with van der Waals surface area (Å²) in [6.45, 7) is 2.27. The third-order valence-corrected chi connectivity index (χ3v) is 8.30. The van der Waals surface area contributed by atoms with E-state index in [1.807, 2.05) is 30.3 Å². The molecule has 2 aliphatic heterocycles. The van der Waals surface area contributed by atoms with Crippen molar-refractivity contribution in [3.8, 4) is 0 Å². The number of likely N-dealkylation sites (tertiary alicyclic amines) is 2. The summed E-state index contributed by atoms with van der Waals surface area (Å²) in [5.74, 6) is -1.40. The summed E-state index contributed by atoms with van der Waals surface area (Å²) in [6.07, 6.45) is 3.81. The van der Waals surface area contributed by atoms with Crippen LogP contribution in [0.4, 0.5) is 4.79 Å². The first-order valence-corrected chi connectivity index (χ1v) is 15.3. The molecule has 2 N–H and O–H groups in total. The third-order valence-electron chi connectivity index (χ3n) is 8.30. The van der Waals surface area contributed by atoms with E-state index >= 15 is 0 Å². The first-order chi connectivity index (χ1) is 21.3. The first-order valence-electron chi connectivity index (χ1n) is 15.3. The van der Waals surface area contributed by atoms with Crippen molar-refractivity contribution in [3.63, 3.8) is 0 Å². The Hall–Kier alpha value is -4.41. The molecule has 2 heterocycles. The average Bonchev–Trinajstić information content (AvgIpc) is 3.08. The number of ether oxygens (including phenoxy) is 2. The lowest BCUT2D eigenvalue weighted by Gasteiger charge is -2.34. The fraction of sp³-hybridized carbons (Fsp3) is 0.485. The molecule has 2 atom stereocenters. The predicted octanol–water partition coefficient (Wildman–Crippen LogP) is 3.14. The smallest absolute Gasteiger partial charge is 0.410 e. The molecule has 44 heavy (non-hydrogen) atoms. The summed E-state index contributed by atoms with van der Waals surface area (Å²) >= 11 is 0. The number of hydrogen-bond donors (Lipinski definition) is 2. The molecule has 2 saturated heterocycles. The molecular weight excluding hydrogens is 564 g/mol. The van der Waals surface area contributed by atoms with Gasteiger partial charge in [0.1, 0.15) is 12.6 Å². The Morgan fingerprint density at radius 2 is 1.57 bits per heavy atom. The number of nitrogens with zero attached hydrogens (tertiary/aromatic N) is 2. The number of esters is 1. The van der Waals surface area contributed by atoms with Crippen LogP contribution >= 0.6 is 0 Å². The summed E-state index contributed by atoms with van der Waals surface area (Å²) in [4.78, 5) is 66.8. The molecule has 0 radical (unpaired) electrons. The fourth-order valence-electron chi connectivity index (χ4n) is 5.63. The van der Waals surface area contributed by atoms with Gasteiger partial charge in [-0.3, -0.25) is 14.4 Å². The number of nitrogens with one attached hydrogen (secondary N) is 2. The number of carbonyl (C=O) groups is 5. The predicted molar refractivity (Wildman–Crippen MR) is 162 cm³/mol. The van der Waals surface area contributed by atoms with Gasteiger partial charge in [0.15, 0.2) is 0 Å². The topological polar surface area (TPSA) is 134 Å². The van der Waals surface area contributed by atoms with E-state index in [-0.39, 0.29) is 31.1 Å². The van der Waals surface area contributed by atoms with Gasteiger partial charge >= 0.3 is 12.1 Å². The Bertz CT molecular complexity index is 1270. The quantitative estimate of drug-likeness (QED) is 0.376. The molecule has 2 aromatic carbocycles. The van der Waals surface area contributed by atoms with Crippen LogP contribution in [0, 0.1) is 11.8 Å². The molecule has 2 aromatic rings. The molecule has 2 fully saturated rings. The molecule has 11 heteroatoms. The number of rotatable bonds is 11. The third kappa shape index (κ3) is 9.55. The van der Waals surface area contributed by atoms with Gasteiger partial charge in [-0.2, -0.15) is 0 Å². The monoisotopic (exact) mass is 606 g/mol. The highest BCUT2D eigenvalue weighted by Gasteiger charge is 2.31. The SMILES string of the molecule is COC(=O)C(CNC(=O)[C@@H]1CCCN(C(=O)CCC2CCN(C(=O)OCc3ccccc3)CC2)C1)NC(=O)c1ccccc1. The van der Waals surface area contributed by atoms with Crippen molar-refractivity contribution in [2.45, 2.75) is 51.2 Å². The molecule has 1 unspecified atom stereocenters. The lowest BCUT2D eigenvalue weighted by atomic mass is 9.91. The lowest BCUT2D eigenvalue weighted by molar-refractivity contribution is -0.142. The maximum Gasteiger partial charge on any atom is 0.410 e. The van der Waals surface area contributed by atoms with Gasteiger partial charge in [-0.1, -0.05) is 48.5 Å². The van der Waals surface area contributed by atoms with Crippen molar-refractivity contribution < 1.29 is 33.4 Å². The Morgan fingerprint density at radius 3 is 2.25 bits per heavy atom. The minimum atomic E-state index is -1.05. The minimum Gasteiger partial charge on any atom is -0.467 e. The maximum atomic E-state index is 13.1. The highest BCUT2D eigenvalue weighted by atomic mass is 16.6. The second kappa shape index (κ2) is 16.4. The Morgan fingerprint density at radius 1 is 0.886 bits per heavy atom. The van der Waals surface area contributed by atoms with E-state index in [1.165, 1.54) is 7.11 Å². The molecule has 2 aliphatic rings. The Kier molecular flexibility index (Phi) is 12.1. The van der Waals surface area contributed by atoms with Crippen LogP contribution in [0.15, 0.2) is 60.7 Å². The van der Waals surface area contributed by atoms with Crippen LogP contribution in [-0.4, -0.2) is 85.5 Å². The average molecular weight is 607 g/mol. The highest BCUT2D eigenvalue weighted by Crippen LogP contribution is 2.24. The van der Waals surface area contributed by atoms with Crippen LogP contribution in [-0.2, 0) is 30.5 Å². The van der Waals surface area contributed by atoms with Crippen LogP contribution in [0.1, 0.15) is 54.4 Å². The van der Waals surface area contributed by atoms with Gasteiger partial charge in [0.25, 0.3) is 5.91 Å². The van der Waals surface area contributed by atoms with Gasteiger partial charge < -0.3 is 29.9 Å². The molecule has 4 amide bonds. The maximum absolute atomic E-state index is 13.1. The number of piperidine rings is 2. The Labute approximate surface area is 258 Å². The summed E-state index contributed by atoms with van der Waals surface area (Å²) < 4.78 is 10.3. The number of methoxy groups -OCH3 is 1. The van der Waals surface area contributed by atoms with E-state index in [2.05, 4.69) is 10.6 Å². The van der Waals surface area contributed by atoms with Crippen LogP contribution in [0.5, 0.6) is 0 Å². The normalized spacial score (nSPS) is 17.7. The van der Waals surface area contributed by atoms with Crippen LogP contribution < -0.4 is 10.6 Å². The largest absolute Gasteiger partial charge is 0.467 e. The van der Waals surface area contributed by atoms with E-state index in [9.17, 15) is 24.0 Å². The standard InChI is InChI=1S/C33H42N4O7/c1-43-32(41)28(35-31(40)26-11-6-3-7-12-26)21-34-30(39)27-13-8-18-37(22-27)29(38)15-14-24-16-19-36(20-17-24)33(42)44-23-25-9-4-2-5-10-25/h2-7,9-12,24,27-28H,8,13-23H2,1H3,(H,34,39)(H,35,40)/t27-,28?/m1/s1. The van der Waals surface area contributed by atoms with Crippen molar-refractivity contribution in [2.75, 3.05) is 39.8 Å². The number of carbonyl (C=O) groups excluding carboxylic acids is 5. The molecule has 236 valence electrons. The van der Waals surface area contributed by atoms with Crippen molar-refractivity contribution >= 4 is 29.8 Å². The zero-order valence-electron chi connectivity index (χ0n) is 25.2. The molecule has 0 aliphatic carbocycles. The summed E-state index contributed by atoms with van der Waals surface area (Å²) in [5.41, 5.74) is 1.34. The summed E-state index contributed by atoms with van der Waals surface area (Å²) in [6, 6.07) is 17.0. The van der Waals surface area contributed by atoms with Crippen molar-refractivity contribution in [1.82, 2.24) is 20.4 Å². The zero-order valence-corrected chi connectivity index (χ0v) is 25.2. The number of amides is 4. The molecule has 4 rings (SSSR count). The zero-order chi connectivity index (χ0) is 31.3. The number of benzene rings is 2. The Balaban J connectivity index is 1.17. The first kappa shape index (κ1) is 32.5. The van der Waals surface area contributed by atoms with Gasteiger partial charge in [0.2, 0.25) is 11.8 Å². The second-order valence-electron chi connectivity index (χ2n) is 11.3. The summed E-state index contributed by atoms with van der Waals surface area (Å²) in [7, 11) is 1.22. The van der Waals surface area contributed by atoms with Gasteiger partial charge in [-0.05, 0) is 55.7 Å². The molecule has 11 nitrogen and oxygen atoms in total. The highest BCUT2D eigenvalue weighted by molar-refractivity contribution is 5.97. The van der Waals surface area contributed by atoms with Gasteiger partial charge in [-0.25, -0.2) is 9.59 Å². The van der Waals surface area contributed by atoms with E-state index in [0.29, 0.717) is 56.9 Å². The molecule has 0 aromatic heterocycles. The van der Waals surface area contributed by atoms with Crippen LogP contribution in [0.25, 0.3) is 0 Å². The number of hydrogen-bond acceptors (Lipinski definition) is 7. The van der Waals surface area contributed by atoms with Gasteiger partial charge in [0, 0.05) is 44.7 Å². The molecule has 0 bridgehead atoms. The van der Waals surface area contributed by atoms with Crippen LogP contribution in [0.2, 0.25) is 0 Å². The van der Waals surface area contributed by atoms with Gasteiger partial charge in [-0.15, -0.1) is 0 Å². The van der Waals surface area contributed by atoms with Crippen molar-refractivity contribution in [2.24, 2.45) is 11.8 Å². The van der Waals surface area contributed by atoms with Crippen LogP contribution in [0.3, 0.4) is 0 Å². The van der Waals surface area contributed by atoms with E-state index < -0.39 is 23.8 Å². The van der Waals surface area contributed by atoms with Crippen molar-refractivity contribution in [1.29, 1.82) is 0 Å². The fourth-order valence-corrected chi connectivity index (χ4v) is 5.63. The van der Waals surface area contributed by atoms with Gasteiger partial charge in [0.05, 0.1) is 13.0 Å². The second-order valence-corrected chi connectivity index (χ2v) is 11.3.